The number of likely N-dealkylation sites (tertiary alicyclic amines) is 1. The number of halogens is 1. The second-order valence-corrected chi connectivity index (χ2v) is 9.53. The van der Waals surface area contributed by atoms with E-state index < -0.39 is 47.7 Å². The number of primary amides is 1. The molecule has 1 aliphatic rings. The van der Waals surface area contributed by atoms with Crippen LogP contribution in [-0.2, 0) is 14.4 Å². The van der Waals surface area contributed by atoms with Crippen LogP contribution in [0, 0.1) is 12.8 Å². The molecule has 2 heterocycles. The van der Waals surface area contributed by atoms with Crippen LogP contribution in [0.5, 0.6) is 0 Å². The standard InChI is InChI=1S/C27H25ClN2O7/c1-15-4-2-3-5-18(15)24(32)30-23(21-11-10-20(37-21)16-6-8-17(28)9-7-16)19(25(33)34)14-27(30,26(35)36)13-12-22(29)31/h2-11,19,23H,12-14H2,1H3,(H2,29,31)(H,33,34)(H,35,36). The van der Waals surface area contributed by atoms with Crippen LogP contribution in [0.15, 0.2) is 65.1 Å². The molecule has 4 N–H and O–H groups in total. The van der Waals surface area contributed by atoms with Crippen LogP contribution in [0.3, 0.4) is 0 Å². The molecule has 0 bridgehead atoms. The van der Waals surface area contributed by atoms with Crippen molar-refractivity contribution >= 4 is 35.4 Å². The summed E-state index contributed by atoms with van der Waals surface area (Å²) in [6.45, 7) is 1.70. The Bertz CT molecular complexity index is 1370. The third-order valence-electron chi connectivity index (χ3n) is 6.82. The minimum atomic E-state index is -2.00. The van der Waals surface area contributed by atoms with Crippen LogP contribution in [0.1, 0.15) is 47.0 Å². The number of carbonyl (C=O) groups excluding carboxylic acids is 2. The summed E-state index contributed by atoms with van der Waals surface area (Å²) in [5.41, 5.74) is 4.78. The van der Waals surface area contributed by atoms with Crippen LogP contribution < -0.4 is 5.73 Å². The summed E-state index contributed by atoms with van der Waals surface area (Å²) < 4.78 is 6.03. The molecule has 9 nitrogen and oxygen atoms in total. The number of aryl methyl sites for hydroxylation is 1. The molecule has 10 heteroatoms. The molecule has 0 aliphatic carbocycles. The van der Waals surface area contributed by atoms with Crippen LogP contribution in [0.2, 0.25) is 5.02 Å². The maximum atomic E-state index is 14.0. The van der Waals surface area contributed by atoms with E-state index in [2.05, 4.69) is 0 Å². The van der Waals surface area contributed by atoms with Crippen molar-refractivity contribution in [1.29, 1.82) is 0 Å². The SMILES string of the molecule is Cc1ccccc1C(=O)N1C(c2ccc(-c3ccc(Cl)cc3)o2)C(C(=O)O)CC1(CCC(N)=O)C(=O)O. The first-order valence-electron chi connectivity index (χ1n) is 11.5. The van der Waals surface area contributed by atoms with Gasteiger partial charge in [-0.15, -0.1) is 0 Å². The van der Waals surface area contributed by atoms with Crippen molar-refractivity contribution in [3.63, 3.8) is 0 Å². The second-order valence-electron chi connectivity index (χ2n) is 9.10. The van der Waals surface area contributed by atoms with E-state index in [1.165, 1.54) is 6.07 Å². The van der Waals surface area contributed by atoms with E-state index in [0.717, 1.165) is 4.90 Å². The summed E-state index contributed by atoms with van der Waals surface area (Å²) in [5, 5.41) is 21.1. The van der Waals surface area contributed by atoms with Gasteiger partial charge in [0.05, 0.1) is 5.92 Å². The number of nitrogens with zero attached hydrogens (tertiary/aromatic N) is 1. The fourth-order valence-electron chi connectivity index (χ4n) is 4.96. The zero-order chi connectivity index (χ0) is 26.9. The molecule has 3 unspecified atom stereocenters. The average Bonchev–Trinajstić information content (AvgIpc) is 3.47. The predicted molar refractivity (Wildman–Crippen MR) is 134 cm³/mol. The van der Waals surface area contributed by atoms with Crippen molar-refractivity contribution < 1.29 is 33.8 Å². The van der Waals surface area contributed by atoms with Gasteiger partial charge < -0.3 is 25.3 Å². The summed E-state index contributed by atoms with van der Waals surface area (Å²) in [6.07, 6.45) is -1.12. The Morgan fingerprint density at radius 3 is 2.32 bits per heavy atom. The molecule has 1 fully saturated rings. The van der Waals surface area contributed by atoms with Crippen molar-refractivity contribution in [3.8, 4) is 11.3 Å². The molecular formula is C27H25ClN2O7. The Balaban J connectivity index is 1.89. The van der Waals surface area contributed by atoms with Crippen molar-refractivity contribution in [3.05, 3.63) is 82.6 Å². The van der Waals surface area contributed by atoms with Gasteiger partial charge in [0, 0.05) is 22.6 Å². The summed E-state index contributed by atoms with van der Waals surface area (Å²) >= 11 is 5.97. The second kappa shape index (κ2) is 10.1. The first-order chi connectivity index (χ1) is 17.5. The van der Waals surface area contributed by atoms with E-state index in [1.54, 1.807) is 61.5 Å². The van der Waals surface area contributed by atoms with E-state index in [0.29, 0.717) is 21.9 Å². The molecule has 0 spiro atoms. The predicted octanol–water partition coefficient (Wildman–Crippen LogP) is 4.29. The summed E-state index contributed by atoms with van der Waals surface area (Å²) in [4.78, 5) is 51.9. The number of carbonyl (C=O) groups is 4. The van der Waals surface area contributed by atoms with Crippen molar-refractivity contribution in [2.24, 2.45) is 11.7 Å². The molecule has 0 saturated carbocycles. The molecule has 4 rings (SSSR count). The van der Waals surface area contributed by atoms with Crippen LogP contribution in [0.25, 0.3) is 11.3 Å². The Morgan fingerprint density at radius 2 is 1.73 bits per heavy atom. The Kier molecular flexibility index (Phi) is 7.09. The zero-order valence-electron chi connectivity index (χ0n) is 19.9. The molecule has 3 atom stereocenters. The highest BCUT2D eigenvalue weighted by molar-refractivity contribution is 6.30. The summed E-state index contributed by atoms with van der Waals surface area (Å²) in [6, 6.07) is 15.3. The fourth-order valence-corrected chi connectivity index (χ4v) is 5.09. The third-order valence-corrected chi connectivity index (χ3v) is 7.07. The number of furan rings is 1. The summed E-state index contributed by atoms with van der Waals surface area (Å²) in [7, 11) is 0. The quantitative estimate of drug-likeness (QED) is 0.397. The first-order valence-corrected chi connectivity index (χ1v) is 11.9. The Labute approximate surface area is 217 Å². The topological polar surface area (TPSA) is 151 Å². The number of amides is 2. The maximum Gasteiger partial charge on any atom is 0.329 e. The van der Waals surface area contributed by atoms with Gasteiger partial charge in [0.25, 0.3) is 5.91 Å². The van der Waals surface area contributed by atoms with Gasteiger partial charge >= 0.3 is 11.9 Å². The number of hydrogen-bond acceptors (Lipinski definition) is 5. The van der Waals surface area contributed by atoms with E-state index in [9.17, 15) is 29.4 Å². The van der Waals surface area contributed by atoms with Crippen molar-refractivity contribution in [2.75, 3.05) is 0 Å². The van der Waals surface area contributed by atoms with Crippen LogP contribution in [-0.4, -0.2) is 44.4 Å². The van der Waals surface area contributed by atoms with E-state index in [-0.39, 0.29) is 24.2 Å². The number of carboxylic acid groups (broad SMARTS) is 2. The maximum absolute atomic E-state index is 14.0. The Hall–Kier alpha value is -4.11. The van der Waals surface area contributed by atoms with Gasteiger partial charge in [-0.25, -0.2) is 4.79 Å². The lowest BCUT2D eigenvalue weighted by molar-refractivity contribution is -0.149. The molecule has 1 aliphatic heterocycles. The molecule has 2 aromatic carbocycles. The van der Waals surface area contributed by atoms with Gasteiger partial charge in [-0.2, -0.15) is 0 Å². The molecule has 3 aromatic rings. The molecule has 37 heavy (non-hydrogen) atoms. The number of hydrogen-bond donors (Lipinski definition) is 3. The van der Waals surface area contributed by atoms with Gasteiger partial charge in [-0.05, 0) is 67.8 Å². The van der Waals surface area contributed by atoms with Gasteiger partial charge in [-0.3, -0.25) is 14.4 Å². The largest absolute Gasteiger partial charge is 0.481 e. The minimum absolute atomic E-state index is 0.112. The van der Waals surface area contributed by atoms with Crippen molar-refractivity contribution in [1.82, 2.24) is 4.90 Å². The normalized spacial score (nSPS) is 21.1. The monoisotopic (exact) mass is 524 g/mol. The molecule has 192 valence electrons. The smallest absolute Gasteiger partial charge is 0.329 e. The number of aliphatic carboxylic acids is 2. The number of benzene rings is 2. The Morgan fingerprint density at radius 1 is 1.05 bits per heavy atom. The number of carboxylic acids is 2. The molecule has 2 amide bonds. The highest BCUT2D eigenvalue weighted by atomic mass is 35.5. The molecule has 0 radical (unpaired) electrons. The average molecular weight is 525 g/mol. The van der Waals surface area contributed by atoms with Crippen LogP contribution in [0.4, 0.5) is 0 Å². The van der Waals surface area contributed by atoms with E-state index in [1.807, 2.05) is 0 Å². The third kappa shape index (κ3) is 4.82. The molecule has 1 aromatic heterocycles. The van der Waals surface area contributed by atoms with Gasteiger partial charge in [-0.1, -0.05) is 29.8 Å². The van der Waals surface area contributed by atoms with Gasteiger partial charge in [0.15, 0.2) is 0 Å². The zero-order valence-corrected chi connectivity index (χ0v) is 20.6. The number of nitrogens with two attached hydrogens (primary N) is 1. The fraction of sp³-hybridized carbons (Fsp3) is 0.259. The van der Waals surface area contributed by atoms with Gasteiger partial charge in [0.1, 0.15) is 23.1 Å². The lowest BCUT2D eigenvalue weighted by Gasteiger charge is -2.37. The van der Waals surface area contributed by atoms with E-state index >= 15 is 0 Å². The summed E-state index contributed by atoms with van der Waals surface area (Å²) in [5.74, 6) is -4.97. The lowest BCUT2D eigenvalue weighted by atomic mass is 9.86. The highest BCUT2D eigenvalue weighted by Gasteiger charge is 2.61. The van der Waals surface area contributed by atoms with Crippen LogP contribution >= 0.6 is 11.6 Å². The first kappa shape index (κ1) is 26.0. The highest BCUT2D eigenvalue weighted by Crippen LogP contribution is 2.51. The molecule has 1 saturated heterocycles. The lowest BCUT2D eigenvalue weighted by Crippen LogP contribution is -2.54. The van der Waals surface area contributed by atoms with Crippen molar-refractivity contribution in [2.45, 2.75) is 37.8 Å². The number of rotatable bonds is 8. The molecular weight excluding hydrogens is 500 g/mol. The van der Waals surface area contributed by atoms with E-state index in [4.69, 9.17) is 21.8 Å². The van der Waals surface area contributed by atoms with Gasteiger partial charge in [0.2, 0.25) is 5.91 Å². The minimum Gasteiger partial charge on any atom is -0.481 e.